The maximum Gasteiger partial charge on any atom is 0.254 e. The number of nitrogens with two attached hydrogens (primary N) is 1. The molecule has 1 aromatic heterocycles. The first-order valence-electron chi connectivity index (χ1n) is 11.5. The number of carbonyl (C=O) groups excluding carboxylic acids is 2. The molecule has 34 heavy (non-hydrogen) atoms. The molecule has 2 heterocycles. The monoisotopic (exact) mass is 457 g/mol. The third kappa shape index (κ3) is 4.22. The number of morpholine rings is 1. The van der Waals surface area contributed by atoms with E-state index in [4.69, 9.17) is 15.2 Å². The lowest BCUT2D eigenvalue weighted by Crippen LogP contribution is -2.40. The highest BCUT2D eigenvalue weighted by atomic mass is 16.5. The zero-order valence-electron chi connectivity index (χ0n) is 19.1. The minimum atomic E-state index is -0.396. The highest BCUT2D eigenvalue weighted by molar-refractivity contribution is 6.12. The highest BCUT2D eigenvalue weighted by Crippen LogP contribution is 2.34. The normalized spacial score (nSPS) is 14.0. The van der Waals surface area contributed by atoms with Crippen LogP contribution in [0.25, 0.3) is 32.9 Å². The molecule has 0 unspecified atom stereocenters. The molecule has 0 aliphatic carbocycles. The van der Waals surface area contributed by atoms with E-state index in [9.17, 15) is 9.59 Å². The zero-order chi connectivity index (χ0) is 23.7. The lowest BCUT2D eigenvalue weighted by Gasteiger charge is -2.26. The third-order valence-electron chi connectivity index (χ3n) is 6.20. The van der Waals surface area contributed by atoms with Crippen LogP contribution in [0.1, 0.15) is 22.8 Å². The fourth-order valence-corrected chi connectivity index (χ4v) is 4.57. The summed E-state index contributed by atoms with van der Waals surface area (Å²) in [5, 5.41) is 1.98. The molecule has 0 spiro atoms. The molecule has 4 aromatic rings. The van der Waals surface area contributed by atoms with E-state index in [2.05, 4.69) is 11.1 Å². The molecule has 5 rings (SSSR count). The van der Waals surface area contributed by atoms with Crippen molar-refractivity contribution >= 4 is 33.6 Å². The Morgan fingerprint density at radius 1 is 1.00 bits per heavy atom. The molecule has 174 valence electrons. The smallest absolute Gasteiger partial charge is 0.254 e. The molecule has 0 saturated carbocycles. The highest BCUT2D eigenvalue weighted by Gasteiger charge is 2.20. The van der Waals surface area contributed by atoms with Gasteiger partial charge in [0.15, 0.2) is 0 Å². The summed E-state index contributed by atoms with van der Waals surface area (Å²) in [5.41, 5.74) is 10.7. The van der Waals surface area contributed by atoms with Crippen LogP contribution in [0.3, 0.4) is 0 Å². The van der Waals surface area contributed by atoms with Gasteiger partial charge in [-0.1, -0.05) is 18.2 Å². The Morgan fingerprint density at radius 3 is 2.47 bits per heavy atom. The second-order valence-electron chi connectivity index (χ2n) is 8.45. The van der Waals surface area contributed by atoms with Crippen LogP contribution in [0.15, 0.2) is 54.6 Å². The van der Waals surface area contributed by atoms with Crippen molar-refractivity contribution in [1.82, 2.24) is 9.88 Å². The Hall–Kier alpha value is -3.84. The number of nitrogens with one attached hydrogen (secondary N) is 1. The number of carbonyl (C=O) groups is 2. The van der Waals surface area contributed by atoms with E-state index < -0.39 is 5.91 Å². The Bertz CT molecular complexity index is 1370. The number of rotatable bonds is 6. The van der Waals surface area contributed by atoms with Crippen molar-refractivity contribution < 1.29 is 19.1 Å². The summed E-state index contributed by atoms with van der Waals surface area (Å²) in [6.07, 6.45) is 0.119. The predicted molar refractivity (Wildman–Crippen MR) is 132 cm³/mol. The summed E-state index contributed by atoms with van der Waals surface area (Å²) in [5.74, 6) is 0.414. The van der Waals surface area contributed by atoms with Crippen LogP contribution in [0.2, 0.25) is 0 Å². The SMILES string of the molecule is CCOc1ccc(-c2cc(CC(N)=O)c3[nH]c4cc(C(=O)N5CCOCC5)ccc4c3c2)cc1. The van der Waals surface area contributed by atoms with Crippen LogP contribution in [0, 0.1) is 0 Å². The number of ether oxygens (including phenoxy) is 2. The van der Waals surface area contributed by atoms with Gasteiger partial charge in [0, 0.05) is 34.9 Å². The van der Waals surface area contributed by atoms with Gasteiger partial charge in [-0.25, -0.2) is 0 Å². The standard InChI is InChI=1S/C27H27N3O4/c1-2-34-21-6-3-17(4-7-21)19-13-20(16-25(28)31)26-23(14-19)22-8-5-18(15-24(22)29-26)27(32)30-9-11-33-12-10-30/h3-8,13-15,29H,2,9-12,16H2,1H3,(H2,28,31). The summed E-state index contributed by atoms with van der Waals surface area (Å²) in [7, 11) is 0. The zero-order valence-corrected chi connectivity index (χ0v) is 19.1. The Kier molecular flexibility index (Phi) is 5.94. The van der Waals surface area contributed by atoms with E-state index in [0.29, 0.717) is 38.5 Å². The van der Waals surface area contributed by atoms with Crippen molar-refractivity contribution in [2.24, 2.45) is 5.73 Å². The number of nitrogens with zero attached hydrogens (tertiary/aromatic N) is 1. The van der Waals surface area contributed by atoms with E-state index >= 15 is 0 Å². The lowest BCUT2D eigenvalue weighted by atomic mass is 9.97. The van der Waals surface area contributed by atoms with Crippen molar-refractivity contribution in [2.45, 2.75) is 13.3 Å². The fourth-order valence-electron chi connectivity index (χ4n) is 4.57. The van der Waals surface area contributed by atoms with Gasteiger partial charge in [0.2, 0.25) is 5.91 Å². The number of primary amides is 1. The molecule has 0 atom stereocenters. The number of fused-ring (bicyclic) bond motifs is 3. The number of benzene rings is 3. The molecule has 3 aromatic carbocycles. The van der Waals surface area contributed by atoms with Gasteiger partial charge in [0.05, 0.1) is 31.8 Å². The van der Waals surface area contributed by atoms with Crippen LogP contribution in [-0.4, -0.2) is 54.6 Å². The van der Waals surface area contributed by atoms with E-state index in [1.54, 1.807) is 0 Å². The molecule has 3 N–H and O–H groups in total. The number of hydrogen-bond donors (Lipinski definition) is 2. The molecular weight excluding hydrogens is 430 g/mol. The summed E-state index contributed by atoms with van der Waals surface area (Å²) < 4.78 is 10.9. The largest absolute Gasteiger partial charge is 0.494 e. The van der Waals surface area contributed by atoms with Gasteiger partial charge < -0.3 is 25.1 Å². The number of hydrogen-bond acceptors (Lipinski definition) is 4. The number of aromatic nitrogens is 1. The van der Waals surface area contributed by atoms with Crippen molar-refractivity contribution in [1.29, 1.82) is 0 Å². The van der Waals surface area contributed by atoms with Gasteiger partial charge >= 0.3 is 0 Å². The summed E-state index contributed by atoms with van der Waals surface area (Å²) in [6.45, 7) is 4.88. The maximum absolute atomic E-state index is 13.0. The number of amides is 2. The summed E-state index contributed by atoms with van der Waals surface area (Å²) in [6, 6.07) is 17.7. The van der Waals surface area contributed by atoms with E-state index in [-0.39, 0.29) is 12.3 Å². The quantitative estimate of drug-likeness (QED) is 0.459. The van der Waals surface area contributed by atoms with Gasteiger partial charge in [-0.15, -0.1) is 0 Å². The molecule has 7 heteroatoms. The van der Waals surface area contributed by atoms with E-state index in [0.717, 1.165) is 44.2 Å². The summed E-state index contributed by atoms with van der Waals surface area (Å²) in [4.78, 5) is 30.1. The third-order valence-corrected chi connectivity index (χ3v) is 6.20. The van der Waals surface area contributed by atoms with Crippen molar-refractivity contribution in [3.63, 3.8) is 0 Å². The summed E-state index contributed by atoms with van der Waals surface area (Å²) >= 11 is 0. The molecule has 0 bridgehead atoms. The van der Waals surface area contributed by atoms with E-state index in [1.165, 1.54) is 0 Å². The van der Waals surface area contributed by atoms with Gasteiger partial charge in [0.1, 0.15) is 5.75 Å². The van der Waals surface area contributed by atoms with Crippen molar-refractivity contribution in [2.75, 3.05) is 32.9 Å². The first-order chi connectivity index (χ1) is 16.5. The van der Waals surface area contributed by atoms with Gasteiger partial charge in [-0.2, -0.15) is 0 Å². The number of aromatic amines is 1. The minimum absolute atomic E-state index is 0.00343. The maximum atomic E-state index is 13.0. The Labute approximate surface area is 197 Å². The van der Waals surface area contributed by atoms with Gasteiger partial charge in [0.25, 0.3) is 5.91 Å². The van der Waals surface area contributed by atoms with Crippen molar-refractivity contribution in [3.05, 3.63) is 65.7 Å². The molecular formula is C27H27N3O4. The molecule has 1 aliphatic rings. The second-order valence-corrected chi connectivity index (χ2v) is 8.45. The predicted octanol–water partition coefficient (Wildman–Crippen LogP) is 3.89. The van der Waals surface area contributed by atoms with E-state index in [1.807, 2.05) is 60.4 Å². The lowest BCUT2D eigenvalue weighted by molar-refractivity contribution is -0.117. The molecule has 1 saturated heterocycles. The topological polar surface area (TPSA) is 97.7 Å². The van der Waals surface area contributed by atoms with Gasteiger partial charge in [-0.3, -0.25) is 9.59 Å². The average Bonchev–Trinajstić information content (AvgIpc) is 3.23. The van der Waals surface area contributed by atoms with Crippen molar-refractivity contribution in [3.8, 4) is 16.9 Å². The Morgan fingerprint density at radius 2 is 1.76 bits per heavy atom. The van der Waals surface area contributed by atoms with Crippen LogP contribution < -0.4 is 10.5 Å². The molecule has 1 aliphatic heterocycles. The molecule has 1 fully saturated rings. The van der Waals surface area contributed by atoms with Crippen LogP contribution in [0.5, 0.6) is 5.75 Å². The minimum Gasteiger partial charge on any atom is -0.494 e. The van der Waals surface area contributed by atoms with Crippen LogP contribution in [-0.2, 0) is 16.0 Å². The second kappa shape index (κ2) is 9.19. The average molecular weight is 458 g/mol. The van der Waals surface area contributed by atoms with Crippen LogP contribution in [0.4, 0.5) is 0 Å². The Balaban J connectivity index is 1.59. The molecule has 7 nitrogen and oxygen atoms in total. The molecule has 2 amide bonds. The molecule has 0 radical (unpaired) electrons. The van der Waals surface area contributed by atoms with Crippen LogP contribution >= 0.6 is 0 Å². The first-order valence-corrected chi connectivity index (χ1v) is 11.5. The first kappa shape index (κ1) is 22.0. The fraction of sp³-hybridized carbons (Fsp3) is 0.259. The number of H-pyrrole nitrogens is 1. The van der Waals surface area contributed by atoms with Gasteiger partial charge in [-0.05, 0) is 60.0 Å².